The molecule has 0 aliphatic carbocycles. The summed E-state index contributed by atoms with van der Waals surface area (Å²) < 4.78 is 19.7. The van der Waals surface area contributed by atoms with E-state index in [1.54, 1.807) is 6.92 Å². The van der Waals surface area contributed by atoms with E-state index in [4.69, 9.17) is 10.5 Å². The van der Waals surface area contributed by atoms with E-state index < -0.39 is 33.9 Å². The molecule has 0 unspecified atom stereocenters. The number of rotatable bonds is 6. The number of ether oxygens (including phenoxy) is 1. The molecule has 0 heterocycles. The van der Waals surface area contributed by atoms with Gasteiger partial charge in [-0.05, 0) is 31.9 Å². The molecule has 0 saturated carbocycles. The van der Waals surface area contributed by atoms with Crippen molar-refractivity contribution in [2.24, 2.45) is 0 Å². The molecule has 0 aliphatic heterocycles. The van der Waals surface area contributed by atoms with Gasteiger partial charge in [-0.3, -0.25) is 14.9 Å². The number of halogens is 1. The second kappa shape index (κ2) is 7.81. The van der Waals surface area contributed by atoms with Gasteiger partial charge in [-0.2, -0.15) is 0 Å². The van der Waals surface area contributed by atoms with Gasteiger partial charge in [-0.15, -0.1) is 0 Å². The van der Waals surface area contributed by atoms with Crippen molar-refractivity contribution in [3.8, 4) is 5.75 Å². The molecule has 0 saturated heterocycles. The highest BCUT2D eigenvalue weighted by Crippen LogP contribution is 2.25. The van der Waals surface area contributed by atoms with E-state index >= 15 is 0 Å². The number of nitro groups is 1. The summed E-state index contributed by atoms with van der Waals surface area (Å²) in [5.74, 6) is -0.973. The average molecular weight is 361 g/mol. The maximum Gasteiger partial charge on any atom is 0.293 e. The summed E-state index contributed by atoms with van der Waals surface area (Å²) in [7, 11) is 0. The van der Waals surface area contributed by atoms with Crippen molar-refractivity contribution in [3.63, 3.8) is 0 Å². The Morgan fingerprint density at radius 1 is 1.35 bits per heavy atom. The Hall–Kier alpha value is -3.16. The van der Waals surface area contributed by atoms with Crippen LogP contribution in [0.1, 0.15) is 28.4 Å². The fraction of sp³-hybridized carbons (Fsp3) is 0.278. The topological polar surface area (TPSA) is 107 Å². The second-order valence-electron chi connectivity index (χ2n) is 6.05. The first-order chi connectivity index (χ1) is 12.2. The minimum atomic E-state index is -0.923. The van der Waals surface area contributed by atoms with Crippen LogP contribution in [0.4, 0.5) is 15.8 Å². The quantitative estimate of drug-likeness (QED) is 0.467. The van der Waals surface area contributed by atoms with E-state index in [-0.39, 0.29) is 12.3 Å². The van der Waals surface area contributed by atoms with Crippen LogP contribution in [0.25, 0.3) is 0 Å². The first-order valence-corrected chi connectivity index (χ1v) is 7.94. The normalized spacial score (nSPS) is 11.7. The Kier molecular flexibility index (Phi) is 5.76. The van der Waals surface area contributed by atoms with E-state index in [0.717, 1.165) is 29.0 Å². The van der Waals surface area contributed by atoms with E-state index in [2.05, 4.69) is 5.32 Å². The Morgan fingerprint density at radius 3 is 2.54 bits per heavy atom. The number of nitrogens with zero attached hydrogens (tertiary/aromatic N) is 1. The molecule has 0 spiro atoms. The zero-order valence-corrected chi connectivity index (χ0v) is 14.7. The number of hydrogen-bond acceptors (Lipinski definition) is 5. The first-order valence-electron chi connectivity index (χ1n) is 7.94. The number of anilines is 1. The Morgan fingerprint density at radius 2 is 1.96 bits per heavy atom. The summed E-state index contributed by atoms with van der Waals surface area (Å²) in [5, 5.41) is 13.5. The van der Waals surface area contributed by atoms with Crippen molar-refractivity contribution in [2.75, 3.05) is 12.3 Å². The Labute approximate surface area is 150 Å². The number of nitrogens with one attached hydrogen (secondary N) is 1. The van der Waals surface area contributed by atoms with E-state index in [1.165, 1.54) is 0 Å². The Bertz CT molecular complexity index is 834. The molecular weight excluding hydrogens is 341 g/mol. The highest BCUT2D eigenvalue weighted by Gasteiger charge is 2.22. The Balaban J connectivity index is 2.08. The predicted molar refractivity (Wildman–Crippen MR) is 95.8 cm³/mol. The van der Waals surface area contributed by atoms with E-state index in [1.807, 2.05) is 32.0 Å². The number of nitrogen functional groups attached to an aromatic ring is 1. The molecule has 138 valence electrons. The zero-order chi connectivity index (χ0) is 19.4. The van der Waals surface area contributed by atoms with Crippen LogP contribution in [0.5, 0.6) is 5.75 Å². The molecular formula is C18H20FN3O4. The van der Waals surface area contributed by atoms with Crippen molar-refractivity contribution >= 4 is 17.3 Å². The summed E-state index contributed by atoms with van der Waals surface area (Å²) in [4.78, 5) is 22.4. The zero-order valence-electron chi connectivity index (χ0n) is 14.7. The van der Waals surface area contributed by atoms with Crippen molar-refractivity contribution in [1.82, 2.24) is 5.32 Å². The number of benzene rings is 2. The number of nitrogens with two attached hydrogens (primary N) is 1. The van der Waals surface area contributed by atoms with Crippen molar-refractivity contribution in [3.05, 3.63) is 63.0 Å². The molecule has 3 N–H and O–H groups in total. The number of aryl methyl sites for hydroxylation is 2. The summed E-state index contributed by atoms with van der Waals surface area (Å²) in [6, 6.07) is 6.89. The number of carbonyl (C=O) groups excluding carboxylic acids is 1. The van der Waals surface area contributed by atoms with Crippen molar-refractivity contribution in [1.29, 1.82) is 0 Å². The lowest BCUT2D eigenvalue weighted by atomic mass is 10.1. The minimum absolute atomic E-state index is 0.163. The SMILES string of the molecule is Cc1cccc(C)c1OC[C@H](C)NC(=O)c1cc([N+](=O)[O-])c(N)cc1F. The monoisotopic (exact) mass is 361 g/mol. The highest BCUT2D eigenvalue weighted by atomic mass is 19.1. The number of nitro benzene ring substituents is 1. The summed E-state index contributed by atoms with van der Waals surface area (Å²) >= 11 is 0. The predicted octanol–water partition coefficient (Wildman–Crippen LogP) is 3.13. The molecule has 2 aromatic carbocycles. The first kappa shape index (κ1) is 19.2. The molecule has 1 atom stereocenters. The molecule has 26 heavy (non-hydrogen) atoms. The van der Waals surface area contributed by atoms with Crippen molar-refractivity contribution < 1.29 is 18.8 Å². The molecule has 0 radical (unpaired) electrons. The van der Waals surface area contributed by atoms with Gasteiger partial charge in [0.1, 0.15) is 23.9 Å². The standard InChI is InChI=1S/C18H20FN3O4/c1-10-5-4-6-11(2)17(10)26-9-12(3)21-18(23)13-7-16(22(24)25)15(20)8-14(13)19/h4-8,12H,9,20H2,1-3H3,(H,21,23)/t12-/m0/s1. The molecule has 7 nitrogen and oxygen atoms in total. The molecule has 0 aliphatic rings. The lowest BCUT2D eigenvalue weighted by Gasteiger charge is -2.17. The van der Waals surface area contributed by atoms with Crippen LogP contribution in [0, 0.1) is 29.8 Å². The van der Waals surface area contributed by atoms with Crippen LogP contribution < -0.4 is 15.8 Å². The van der Waals surface area contributed by atoms with Gasteiger partial charge in [0.15, 0.2) is 0 Å². The summed E-state index contributed by atoms with van der Waals surface area (Å²) in [6.45, 7) is 5.67. The van der Waals surface area contributed by atoms with Gasteiger partial charge in [0.05, 0.1) is 16.5 Å². The van der Waals surface area contributed by atoms with Gasteiger partial charge in [0, 0.05) is 12.1 Å². The van der Waals surface area contributed by atoms with Crippen LogP contribution in [-0.4, -0.2) is 23.5 Å². The van der Waals surface area contributed by atoms with Gasteiger partial charge in [-0.25, -0.2) is 4.39 Å². The number of hydrogen-bond donors (Lipinski definition) is 2. The fourth-order valence-electron chi connectivity index (χ4n) is 2.49. The molecule has 2 rings (SSSR count). The van der Waals surface area contributed by atoms with Crippen LogP contribution in [-0.2, 0) is 0 Å². The molecule has 8 heteroatoms. The summed E-state index contributed by atoms with van der Waals surface area (Å²) in [6.07, 6.45) is 0. The van der Waals surface area contributed by atoms with Crippen LogP contribution in [0.2, 0.25) is 0 Å². The maximum atomic E-state index is 14.0. The number of amides is 1. The smallest absolute Gasteiger partial charge is 0.293 e. The number of para-hydroxylation sites is 1. The lowest BCUT2D eigenvalue weighted by Crippen LogP contribution is -2.37. The molecule has 2 aromatic rings. The lowest BCUT2D eigenvalue weighted by molar-refractivity contribution is -0.384. The molecule has 0 fully saturated rings. The summed E-state index contributed by atoms with van der Waals surface area (Å²) in [5.41, 5.74) is 6.03. The second-order valence-corrected chi connectivity index (χ2v) is 6.05. The van der Waals surface area contributed by atoms with Gasteiger partial charge < -0.3 is 15.8 Å². The van der Waals surface area contributed by atoms with Gasteiger partial charge in [0.25, 0.3) is 11.6 Å². The molecule has 1 amide bonds. The third-order valence-electron chi connectivity index (χ3n) is 3.82. The van der Waals surface area contributed by atoms with Gasteiger partial charge in [-0.1, -0.05) is 18.2 Å². The number of carbonyl (C=O) groups is 1. The van der Waals surface area contributed by atoms with Crippen molar-refractivity contribution in [2.45, 2.75) is 26.8 Å². The van der Waals surface area contributed by atoms with E-state index in [9.17, 15) is 19.3 Å². The largest absolute Gasteiger partial charge is 0.491 e. The van der Waals surface area contributed by atoms with Crippen LogP contribution in [0.3, 0.4) is 0 Å². The van der Waals surface area contributed by atoms with Gasteiger partial charge in [0.2, 0.25) is 0 Å². The van der Waals surface area contributed by atoms with E-state index in [0.29, 0.717) is 0 Å². The van der Waals surface area contributed by atoms with Gasteiger partial charge >= 0.3 is 0 Å². The third-order valence-corrected chi connectivity index (χ3v) is 3.82. The third kappa shape index (κ3) is 4.27. The van der Waals surface area contributed by atoms with Crippen LogP contribution in [0.15, 0.2) is 30.3 Å². The molecule has 0 bridgehead atoms. The maximum absolute atomic E-state index is 14.0. The average Bonchev–Trinajstić information content (AvgIpc) is 2.53. The fourth-order valence-corrected chi connectivity index (χ4v) is 2.49. The van der Waals surface area contributed by atoms with Crippen LogP contribution >= 0.6 is 0 Å². The highest BCUT2D eigenvalue weighted by molar-refractivity contribution is 5.96. The minimum Gasteiger partial charge on any atom is -0.491 e. The molecule has 0 aromatic heterocycles.